The lowest BCUT2D eigenvalue weighted by atomic mass is 10.1. The number of rotatable bonds is 7. The summed E-state index contributed by atoms with van der Waals surface area (Å²) in [5.74, 6) is -1.67. The van der Waals surface area contributed by atoms with Gasteiger partial charge in [0, 0.05) is 23.7 Å². The van der Waals surface area contributed by atoms with E-state index in [1.54, 1.807) is 35.9 Å². The van der Waals surface area contributed by atoms with Gasteiger partial charge in [0.25, 0.3) is 5.91 Å². The molecule has 0 saturated heterocycles. The van der Waals surface area contributed by atoms with Gasteiger partial charge >= 0.3 is 5.97 Å². The van der Waals surface area contributed by atoms with Crippen LogP contribution in [0.4, 0.5) is 0 Å². The minimum absolute atomic E-state index is 0.135. The molecule has 1 aromatic carbocycles. The molecule has 2 N–H and O–H groups in total. The van der Waals surface area contributed by atoms with E-state index in [1.165, 1.54) is 0 Å². The number of aliphatic carboxylic acids is 1. The van der Waals surface area contributed by atoms with Gasteiger partial charge in [-0.05, 0) is 52.0 Å². The topological polar surface area (TPSA) is 93.4 Å². The number of nitrogens with one attached hydrogen (secondary N) is 1. The predicted octanol–water partition coefficient (Wildman–Crippen LogP) is 3.22. The van der Waals surface area contributed by atoms with Gasteiger partial charge in [0.2, 0.25) is 0 Å². The summed E-state index contributed by atoms with van der Waals surface area (Å²) in [6.07, 6.45) is 0.159. The van der Waals surface area contributed by atoms with Crippen LogP contribution in [0, 0.1) is 6.92 Å². The number of aryl methyl sites for hydroxylation is 1. The van der Waals surface area contributed by atoms with Gasteiger partial charge in [-0.15, -0.1) is 0 Å². The molecule has 0 bridgehead atoms. The van der Waals surface area contributed by atoms with E-state index in [1.807, 2.05) is 26.8 Å². The fraction of sp³-hybridized carbons (Fsp3) is 0.421. The molecule has 146 valence electrons. The highest BCUT2D eigenvalue weighted by molar-refractivity contribution is 6.30. The molecule has 0 saturated carbocycles. The van der Waals surface area contributed by atoms with Crippen LogP contribution >= 0.6 is 11.6 Å². The molecule has 7 nitrogen and oxygen atoms in total. The summed E-state index contributed by atoms with van der Waals surface area (Å²) in [6, 6.07) is 7.62. The van der Waals surface area contributed by atoms with Crippen LogP contribution in [0.1, 0.15) is 43.4 Å². The highest BCUT2D eigenvalue weighted by atomic mass is 35.5. The number of halogens is 1. The lowest BCUT2D eigenvalue weighted by Crippen LogP contribution is -2.42. The molecule has 8 heteroatoms. The number of benzene rings is 1. The van der Waals surface area contributed by atoms with Crippen molar-refractivity contribution in [2.45, 2.75) is 45.8 Å². The monoisotopic (exact) mass is 393 g/mol. The Balaban J connectivity index is 2.10. The fourth-order valence-electron chi connectivity index (χ4n) is 2.43. The van der Waals surface area contributed by atoms with Gasteiger partial charge in [0.05, 0.1) is 11.3 Å². The van der Waals surface area contributed by atoms with Crippen molar-refractivity contribution in [3.63, 3.8) is 0 Å². The largest absolute Gasteiger partial charge is 0.480 e. The third-order valence-electron chi connectivity index (χ3n) is 3.72. The Morgan fingerprint density at radius 2 is 2.04 bits per heavy atom. The van der Waals surface area contributed by atoms with Crippen LogP contribution in [0.2, 0.25) is 5.02 Å². The zero-order chi connectivity index (χ0) is 20.2. The summed E-state index contributed by atoms with van der Waals surface area (Å²) in [5.41, 5.74) is 1.20. The number of ether oxygens (including phenoxy) is 1. The molecule has 0 aliphatic heterocycles. The lowest BCUT2D eigenvalue weighted by molar-refractivity contribution is -0.140. The van der Waals surface area contributed by atoms with Crippen molar-refractivity contribution in [3.05, 3.63) is 46.7 Å². The number of carbonyl (C=O) groups excluding carboxylic acids is 1. The Morgan fingerprint density at radius 1 is 1.33 bits per heavy atom. The van der Waals surface area contributed by atoms with Crippen LogP contribution in [0.15, 0.2) is 30.3 Å². The zero-order valence-corrected chi connectivity index (χ0v) is 16.6. The molecule has 2 rings (SSSR count). The Labute approximate surface area is 163 Å². The molecule has 1 unspecified atom stereocenters. The van der Waals surface area contributed by atoms with Crippen LogP contribution in [0.3, 0.4) is 0 Å². The molecule has 27 heavy (non-hydrogen) atoms. The van der Waals surface area contributed by atoms with E-state index in [0.29, 0.717) is 10.7 Å². The lowest BCUT2D eigenvalue weighted by Gasteiger charge is -2.21. The van der Waals surface area contributed by atoms with Gasteiger partial charge in [0.15, 0.2) is 5.69 Å². The first-order valence-corrected chi connectivity index (χ1v) is 8.95. The van der Waals surface area contributed by atoms with Crippen molar-refractivity contribution in [1.82, 2.24) is 15.1 Å². The number of amides is 1. The quantitative estimate of drug-likeness (QED) is 0.753. The minimum Gasteiger partial charge on any atom is -0.480 e. The molecule has 1 amide bonds. The molecule has 2 aromatic rings. The van der Waals surface area contributed by atoms with Crippen LogP contribution < -0.4 is 5.32 Å². The van der Waals surface area contributed by atoms with E-state index in [4.69, 9.17) is 16.3 Å². The first-order chi connectivity index (χ1) is 12.6. The summed E-state index contributed by atoms with van der Waals surface area (Å²) in [5, 5.41) is 16.7. The van der Waals surface area contributed by atoms with Crippen LogP contribution in [0.25, 0.3) is 5.69 Å². The Kier molecular flexibility index (Phi) is 6.62. The summed E-state index contributed by atoms with van der Waals surface area (Å²) in [4.78, 5) is 23.9. The number of carbonyl (C=O) groups is 2. The standard InChI is InChI=1S/C19H24ClN3O4/c1-12-10-16(22-23(12)14-7-5-6-13(20)11-14)17(24)21-15(18(25)26)8-9-27-19(2,3)4/h5-7,10-11,15H,8-9H2,1-4H3,(H,21,24)(H,25,26). The van der Waals surface area contributed by atoms with Gasteiger partial charge in [-0.25, -0.2) is 9.48 Å². The van der Waals surface area contributed by atoms with E-state index in [2.05, 4.69) is 10.4 Å². The highest BCUT2D eigenvalue weighted by Crippen LogP contribution is 2.17. The summed E-state index contributed by atoms with van der Waals surface area (Å²) in [7, 11) is 0. The van der Waals surface area contributed by atoms with E-state index in [9.17, 15) is 14.7 Å². The van der Waals surface area contributed by atoms with Crippen molar-refractivity contribution >= 4 is 23.5 Å². The van der Waals surface area contributed by atoms with Gasteiger partial charge in [0.1, 0.15) is 6.04 Å². The second-order valence-electron chi connectivity index (χ2n) is 7.18. The first kappa shape index (κ1) is 20.9. The Hall–Kier alpha value is -2.38. The maximum atomic E-state index is 12.5. The van der Waals surface area contributed by atoms with Gasteiger partial charge in [-0.2, -0.15) is 5.10 Å². The number of carboxylic acid groups (broad SMARTS) is 1. The van der Waals surface area contributed by atoms with Crippen molar-refractivity contribution in [1.29, 1.82) is 0 Å². The predicted molar refractivity (Wildman–Crippen MR) is 103 cm³/mol. The van der Waals surface area contributed by atoms with Crippen LogP contribution in [0.5, 0.6) is 0 Å². The van der Waals surface area contributed by atoms with Crippen molar-refractivity contribution in [2.75, 3.05) is 6.61 Å². The van der Waals surface area contributed by atoms with E-state index in [-0.39, 0.29) is 24.3 Å². The zero-order valence-electron chi connectivity index (χ0n) is 15.8. The van der Waals surface area contributed by atoms with Crippen LogP contribution in [-0.2, 0) is 9.53 Å². The molecular weight excluding hydrogens is 370 g/mol. The molecular formula is C19H24ClN3O4. The maximum Gasteiger partial charge on any atom is 0.326 e. The van der Waals surface area contributed by atoms with E-state index < -0.39 is 17.9 Å². The average molecular weight is 394 g/mol. The van der Waals surface area contributed by atoms with Crippen molar-refractivity contribution < 1.29 is 19.4 Å². The number of hydrogen-bond donors (Lipinski definition) is 2. The van der Waals surface area contributed by atoms with Crippen molar-refractivity contribution in [2.24, 2.45) is 0 Å². The fourth-order valence-corrected chi connectivity index (χ4v) is 2.61. The summed E-state index contributed by atoms with van der Waals surface area (Å²) in [6.45, 7) is 7.67. The second kappa shape index (κ2) is 8.54. The van der Waals surface area contributed by atoms with Crippen LogP contribution in [-0.4, -0.2) is 45.0 Å². The van der Waals surface area contributed by atoms with Crippen molar-refractivity contribution in [3.8, 4) is 5.69 Å². The third-order valence-corrected chi connectivity index (χ3v) is 3.95. The first-order valence-electron chi connectivity index (χ1n) is 8.57. The number of hydrogen-bond acceptors (Lipinski definition) is 4. The van der Waals surface area contributed by atoms with Gasteiger partial charge < -0.3 is 15.2 Å². The maximum absolute atomic E-state index is 12.5. The molecule has 1 aromatic heterocycles. The number of carboxylic acids is 1. The Bertz CT molecular complexity index is 827. The van der Waals surface area contributed by atoms with E-state index >= 15 is 0 Å². The molecule has 0 aliphatic rings. The number of nitrogens with zero attached hydrogens (tertiary/aromatic N) is 2. The third kappa shape index (κ3) is 6.08. The van der Waals surface area contributed by atoms with Gasteiger partial charge in [-0.3, -0.25) is 4.79 Å². The molecule has 0 fully saturated rings. The van der Waals surface area contributed by atoms with Gasteiger partial charge in [-0.1, -0.05) is 17.7 Å². The SMILES string of the molecule is Cc1cc(C(=O)NC(CCOC(C)(C)C)C(=O)O)nn1-c1cccc(Cl)c1. The molecule has 0 spiro atoms. The van der Waals surface area contributed by atoms with E-state index in [0.717, 1.165) is 5.69 Å². The smallest absolute Gasteiger partial charge is 0.326 e. The second-order valence-corrected chi connectivity index (χ2v) is 7.61. The molecule has 0 radical (unpaired) electrons. The summed E-state index contributed by atoms with van der Waals surface area (Å²) >= 11 is 6.00. The average Bonchev–Trinajstić information content (AvgIpc) is 2.94. The normalized spacial score (nSPS) is 12.6. The highest BCUT2D eigenvalue weighted by Gasteiger charge is 2.23. The Morgan fingerprint density at radius 3 is 2.63 bits per heavy atom. The number of aromatic nitrogens is 2. The molecule has 1 heterocycles. The minimum atomic E-state index is -1.12. The molecule has 1 atom stereocenters. The summed E-state index contributed by atoms with van der Waals surface area (Å²) < 4.78 is 7.13. The molecule has 0 aliphatic carbocycles.